The van der Waals surface area contributed by atoms with E-state index in [0.717, 1.165) is 44.1 Å². The molecule has 11 nitrogen and oxygen atoms in total. The highest BCUT2D eigenvalue weighted by Crippen LogP contribution is 2.32. The Hall–Kier alpha value is -4.22. The van der Waals surface area contributed by atoms with E-state index in [4.69, 9.17) is 0 Å². The standard InChI is InChI=1S/C36H47N7O4.ClH/c1-3-32(44)40-30(36(47)43-21-20-37-29(24-43)22-25-10-6-4-7-11-25)23-26-14-16-28(17-15-26)39-34(45)33(27-12-8-5-9-13-27)35(46)41-31-18-19-38-42(31)2;/h4,6-7,10-11,14-19,27,29-30,33,37H,3,5,8-9,12-13,20-24H2,1-2H3,(H,39,45)(H,40,44)(H,41,46);1H/t29-,30+,33-;/m0./s1. The predicted octanol–water partition coefficient (Wildman–Crippen LogP) is 4.10. The van der Waals surface area contributed by atoms with Crippen LogP contribution in [-0.4, -0.2) is 70.0 Å². The highest BCUT2D eigenvalue weighted by atomic mass is 35.5. The largest absolute Gasteiger partial charge is 0.344 e. The third-order valence-corrected chi connectivity index (χ3v) is 9.27. The number of amides is 4. The SMILES string of the molecule is CCC(=O)N[C@H](Cc1ccc(NC(=O)[C@@H](C(=O)Nc2ccnn2C)C2CCCCC2)cc1)C(=O)N1CCN[C@@H](Cc2ccccc2)C1.Cl. The number of nitrogens with one attached hydrogen (secondary N) is 4. The molecule has 0 bridgehead atoms. The summed E-state index contributed by atoms with van der Waals surface area (Å²) in [4.78, 5) is 55.1. The molecule has 2 heterocycles. The highest BCUT2D eigenvalue weighted by Gasteiger charge is 2.36. The highest BCUT2D eigenvalue weighted by molar-refractivity contribution is 6.10. The van der Waals surface area contributed by atoms with E-state index in [-0.39, 0.29) is 54.4 Å². The number of rotatable bonds is 12. The van der Waals surface area contributed by atoms with Crippen LogP contribution in [0.25, 0.3) is 0 Å². The Bertz CT molecular complexity index is 1510. The van der Waals surface area contributed by atoms with E-state index in [1.165, 1.54) is 5.56 Å². The molecule has 4 amide bonds. The maximum Gasteiger partial charge on any atom is 0.245 e. The smallest absolute Gasteiger partial charge is 0.245 e. The van der Waals surface area contributed by atoms with Crippen molar-refractivity contribution in [2.24, 2.45) is 18.9 Å². The predicted molar refractivity (Wildman–Crippen MR) is 189 cm³/mol. The summed E-state index contributed by atoms with van der Waals surface area (Å²) in [5, 5.41) is 16.4. The van der Waals surface area contributed by atoms with Crippen molar-refractivity contribution >= 4 is 47.5 Å². The molecule has 0 unspecified atom stereocenters. The van der Waals surface area contributed by atoms with Gasteiger partial charge in [-0.05, 0) is 48.4 Å². The van der Waals surface area contributed by atoms with E-state index >= 15 is 0 Å². The average molecular weight is 678 g/mol. The van der Waals surface area contributed by atoms with Gasteiger partial charge in [0.2, 0.25) is 23.6 Å². The van der Waals surface area contributed by atoms with Gasteiger partial charge in [-0.25, -0.2) is 0 Å². The third-order valence-electron chi connectivity index (χ3n) is 9.27. The zero-order valence-corrected chi connectivity index (χ0v) is 28.6. The molecule has 258 valence electrons. The Morgan fingerprint density at radius 3 is 2.29 bits per heavy atom. The summed E-state index contributed by atoms with van der Waals surface area (Å²) in [6.45, 7) is 3.60. The van der Waals surface area contributed by atoms with Gasteiger partial charge >= 0.3 is 0 Å². The molecule has 5 rings (SSSR count). The number of hydrogen-bond acceptors (Lipinski definition) is 6. The van der Waals surface area contributed by atoms with Crippen LogP contribution in [-0.2, 0) is 39.1 Å². The zero-order chi connectivity index (χ0) is 33.2. The van der Waals surface area contributed by atoms with Gasteiger partial charge in [-0.2, -0.15) is 5.10 Å². The molecule has 12 heteroatoms. The first kappa shape index (κ1) is 36.6. The Labute approximate surface area is 289 Å². The second-order valence-electron chi connectivity index (χ2n) is 12.7. The number of benzene rings is 2. The van der Waals surface area contributed by atoms with E-state index in [9.17, 15) is 19.2 Å². The van der Waals surface area contributed by atoms with E-state index in [2.05, 4.69) is 38.5 Å². The van der Waals surface area contributed by atoms with Crippen molar-refractivity contribution in [1.82, 2.24) is 25.3 Å². The molecule has 0 radical (unpaired) electrons. The Morgan fingerprint density at radius 1 is 0.917 bits per heavy atom. The molecule has 1 aromatic heterocycles. The minimum atomic E-state index is -0.833. The number of aryl methyl sites for hydroxylation is 1. The fourth-order valence-corrected chi connectivity index (χ4v) is 6.67. The fourth-order valence-electron chi connectivity index (χ4n) is 6.67. The van der Waals surface area contributed by atoms with Crippen LogP contribution in [0.3, 0.4) is 0 Å². The number of hydrogen-bond donors (Lipinski definition) is 4. The molecule has 2 aliphatic rings. The van der Waals surface area contributed by atoms with Gasteiger partial charge in [0.25, 0.3) is 0 Å². The van der Waals surface area contributed by atoms with Crippen molar-refractivity contribution in [1.29, 1.82) is 0 Å². The van der Waals surface area contributed by atoms with Crippen LogP contribution in [0, 0.1) is 11.8 Å². The number of nitrogens with zero attached hydrogens (tertiary/aromatic N) is 3. The quantitative estimate of drug-likeness (QED) is 0.213. The number of aromatic nitrogens is 2. The van der Waals surface area contributed by atoms with Crippen LogP contribution in [0.15, 0.2) is 66.9 Å². The summed E-state index contributed by atoms with van der Waals surface area (Å²) in [5.74, 6) is -1.28. The van der Waals surface area contributed by atoms with Crippen LogP contribution in [0.5, 0.6) is 0 Å². The second kappa shape index (κ2) is 17.8. The summed E-state index contributed by atoms with van der Waals surface area (Å²) in [7, 11) is 1.74. The minimum absolute atomic E-state index is 0. The molecule has 0 spiro atoms. The number of anilines is 2. The van der Waals surface area contributed by atoms with Gasteiger partial charge in [-0.3, -0.25) is 23.9 Å². The Kier molecular flexibility index (Phi) is 13.6. The van der Waals surface area contributed by atoms with Crippen molar-refractivity contribution in [2.75, 3.05) is 30.3 Å². The first-order valence-electron chi connectivity index (χ1n) is 16.8. The lowest BCUT2D eigenvalue weighted by molar-refractivity contribution is -0.137. The molecule has 2 fully saturated rings. The van der Waals surface area contributed by atoms with Crippen LogP contribution in [0.4, 0.5) is 11.5 Å². The molecular formula is C36H48ClN7O4. The summed E-state index contributed by atoms with van der Waals surface area (Å²) < 4.78 is 1.57. The summed E-state index contributed by atoms with van der Waals surface area (Å²) in [6, 6.07) is 18.6. The third kappa shape index (κ3) is 9.90. The first-order chi connectivity index (χ1) is 22.8. The lowest BCUT2D eigenvalue weighted by Gasteiger charge is -2.36. The Balaban J connectivity index is 0.00000520. The van der Waals surface area contributed by atoms with Crippen LogP contribution in [0.1, 0.15) is 56.6 Å². The van der Waals surface area contributed by atoms with Crippen LogP contribution < -0.4 is 21.3 Å². The minimum Gasteiger partial charge on any atom is -0.344 e. The molecule has 1 saturated heterocycles. The van der Waals surface area contributed by atoms with E-state index < -0.39 is 12.0 Å². The average Bonchev–Trinajstić information content (AvgIpc) is 3.49. The van der Waals surface area contributed by atoms with E-state index in [1.54, 1.807) is 43.0 Å². The van der Waals surface area contributed by atoms with Crippen LogP contribution in [0.2, 0.25) is 0 Å². The fraction of sp³-hybridized carbons (Fsp3) is 0.472. The number of carbonyl (C=O) groups is 4. The lowest BCUT2D eigenvalue weighted by atomic mass is 9.79. The molecule has 1 aliphatic heterocycles. The monoisotopic (exact) mass is 677 g/mol. The molecule has 1 aliphatic carbocycles. The normalized spacial score (nSPS) is 17.8. The summed E-state index contributed by atoms with van der Waals surface area (Å²) in [5.41, 5.74) is 2.63. The second-order valence-corrected chi connectivity index (χ2v) is 12.7. The van der Waals surface area contributed by atoms with Gasteiger partial charge in [0.15, 0.2) is 0 Å². The van der Waals surface area contributed by atoms with Crippen molar-refractivity contribution in [2.45, 2.75) is 70.4 Å². The first-order valence-corrected chi connectivity index (χ1v) is 16.8. The number of carbonyl (C=O) groups excluding carboxylic acids is 4. The summed E-state index contributed by atoms with van der Waals surface area (Å²) in [6.07, 6.45) is 7.79. The van der Waals surface area contributed by atoms with E-state index in [0.29, 0.717) is 37.6 Å². The molecule has 3 aromatic rings. The molecule has 1 saturated carbocycles. The Morgan fingerprint density at radius 2 is 1.62 bits per heavy atom. The number of piperazine rings is 1. The summed E-state index contributed by atoms with van der Waals surface area (Å²) >= 11 is 0. The molecule has 48 heavy (non-hydrogen) atoms. The van der Waals surface area contributed by atoms with Gasteiger partial charge < -0.3 is 26.2 Å². The van der Waals surface area contributed by atoms with Crippen molar-refractivity contribution in [3.8, 4) is 0 Å². The van der Waals surface area contributed by atoms with Gasteiger partial charge in [0.1, 0.15) is 17.8 Å². The van der Waals surface area contributed by atoms with Gasteiger partial charge in [0.05, 0.1) is 6.20 Å². The molecule has 2 aromatic carbocycles. The molecule has 3 atom stereocenters. The van der Waals surface area contributed by atoms with Crippen LogP contribution >= 0.6 is 12.4 Å². The van der Waals surface area contributed by atoms with Crippen molar-refractivity contribution in [3.05, 3.63) is 78.0 Å². The topological polar surface area (TPSA) is 137 Å². The van der Waals surface area contributed by atoms with Crippen molar-refractivity contribution in [3.63, 3.8) is 0 Å². The van der Waals surface area contributed by atoms with Crippen molar-refractivity contribution < 1.29 is 19.2 Å². The van der Waals surface area contributed by atoms with Gasteiger partial charge in [-0.1, -0.05) is 68.7 Å². The maximum absolute atomic E-state index is 13.8. The maximum atomic E-state index is 13.8. The van der Waals surface area contributed by atoms with Gasteiger partial charge in [-0.15, -0.1) is 12.4 Å². The number of halogens is 1. The molecular weight excluding hydrogens is 630 g/mol. The van der Waals surface area contributed by atoms with Gasteiger partial charge in [0, 0.05) is 57.3 Å². The lowest BCUT2D eigenvalue weighted by Crippen LogP contribution is -2.58. The van der Waals surface area contributed by atoms with E-state index in [1.807, 2.05) is 35.2 Å². The molecule has 4 N–H and O–H groups in total. The zero-order valence-electron chi connectivity index (χ0n) is 27.8.